The predicted molar refractivity (Wildman–Crippen MR) is 60.0 cm³/mol. The molecule has 1 saturated heterocycles. The fourth-order valence-corrected chi connectivity index (χ4v) is 2.06. The van der Waals surface area contributed by atoms with Crippen molar-refractivity contribution in [1.29, 1.82) is 0 Å². The third kappa shape index (κ3) is 2.96. The number of nitrogens with zero attached hydrogens (tertiary/aromatic N) is 2. The summed E-state index contributed by atoms with van der Waals surface area (Å²) >= 11 is 3.25. The van der Waals surface area contributed by atoms with Gasteiger partial charge in [0.1, 0.15) is 10.4 Å². The van der Waals surface area contributed by atoms with E-state index in [1.54, 1.807) is 6.07 Å². The first-order valence-electron chi connectivity index (χ1n) is 4.99. The highest BCUT2D eigenvalue weighted by Crippen LogP contribution is 2.14. The van der Waals surface area contributed by atoms with Gasteiger partial charge in [0.25, 0.3) is 0 Å². The number of halogens is 2. The second-order valence-corrected chi connectivity index (χ2v) is 4.44. The van der Waals surface area contributed by atoms with E-state index in [9.17, 15) is 4.39 Å². The molecule has 0 radical (unpaired) electrons. The van der Waals surface area contributed by atoms with E-state index < -0.39 is 0 Å². The molecule has 1 fully saturated rings. The third-order valence-electron chi connectivity index (χ3n) is 2.50. The van der Waals surface area contributed by atoms with Crippen LogP contribution < -0.4 is 5.32 Å². The van der Waals surface area contributed by atoms with Crippen molar-refractivity contribution >= 4 is 15.9 Å². The summed E-state index contributed by atoms with van der Waals surface area (Å²) in [6.45, 7) is 4.56. The molecule has 1 aliphatic heterocycles. The van der Waals surface area contributed by atoms with E-state index in [0.29, 0.717) is 16.7 Å². The largest absolute Gasteiger partial charge is 0.314 e. The van der Waals surface area contributed by atoms with E-state index in [2.05, 4.69) is 31.1 Å². The normalized spacial score (nSPS) is 18.0. The predicted octanol–water partition coefficient (Wildman–Crippen LogP) is 1.39. The van der Waals surface area contributed by atoms with E-state index in [1.807, 2.05) is 0 Å². The van der Waals surface area contributed by atoms with Gasteiger partial charge < -0.3 is 5.32 Å². The van der Waals surface area contributed by atoms with Crippen molar-refractivity contribution in [3.8, 4) is 0 Å². The van der Waals surface area contributed by atoms with Gasteiger partial charge in [-0.3, -0.25) is 4.90 Å². The Morgan fingerprint density at radius 3 is 2.93 bits per heavy atom. The summed E-state index contributed by atoms with van der Waals surface area (Å²) in [5, 5.41) is 3.27. The summed E-state index contributed by atoms with van der Waals surface area (Å²) < 4.78 is 14.1. The first-order valence-corrected chi connectivity index (χ1v) is 5.78. The second-order valence-electron chi connectivity index (χ2n) is 3.62. The molecule has 0 amide bonds. The Morgan fingerprint density at radius 2 is 2.20 bits per heavy atom. The fraction of sp³-hybridized carbons (Fsp3) is 0.500. The summed E-state index contributed by atoms with van der Waals surface area (Å²) in [6, 6.07) is 1.75. The van der Waals surface area contributed by atoms with Crippen LogP contribution in [0.1, 0.15) is 5.56 Å². The quantitative estimate of drug-likeness (QED) is 0.826. The Hall–Kier alpha value is -0.520. The van der Waals surface area contributed by atoms with Crippen LogP contribution in [0.2, 0.25) is 0 Å². The number of piperazine rings is 1. The number of hydrogen-bond acceptors (Lipinski definition) is 3. The smallest absolute Gasteiger partial charge is 0.146 e. The molecule has 0 spiro atoms. The van der Waals surface area contributed by atoms with Crippen LogP contribution in [-0.2, 0) is 6.54 Å². The van der Waals surface area contributed by atoms with Crippen LogP contribution in [0.15, 0.2) is 16.9 Å². The Labute approximate surface area is 96.8 Å². The molecular formula is C10H13BrFN3. The molecular weight excluding hydrogens is 261 g/mol. The van der Waals surface area contributed by atoms with Gasteiger partial charge in [-0.1, -0.05) is 0 Å². The van der Waals surface area contributed by atoms with Gasteiger partial charge in [0.15, 0.2) is 0 Å². The molecule has 3 nitrogen and oxygen atoms in total. The zero-order valence-corrected chi connectivity index (χ0v) is 9.93. The minimum atomic E-state index is -0.225. The molecule has 5 heteroatoms. The molecule has 2 heterocycles. The number of aromatic nitrogens is 1. The van der Waals surface area contributed by atoms with E-state index in [1.165, 1.54) is 6.20 Å². The molecule has 15 heavy (non-hydrogen) atoms. The first kappa shape index (κ1) is 11.0. The third-order valence-corrected chi connectivity index (χ3v) is 2.94. The Bertz CT molecular complexity index is 339. The fourth-order valence-electron chi connectivity index (χ4n) is 1.68. The Kier molecular flexibility index (Phi) is 3.66. The molecule has 1 aromatic heterocycles. The van der Waals surface area contributed by atoms with Crippen LogP contribution >= 0.6 is 15.9 Å². The maximum atomic E-state index is 13.4. The zero-order valence-electron chi connectivity index (χ0n) is 8.34. The SMILES string of the molecule is Fc1cnc(Br)cc1CN1CCNCC1. The average molecular weight is 274 g/mol. The van der Waals surface area contributed by atoms with Crippen molar-refractivity contribution in [2.45, 2.75) is 6.54 Å². The maximum absolute atomic E-state index is 13.4. The molecule has 0 unspecified atom stereocenters. The highest BCUT2D eigenvalue weighted by atomic mass is 79.9. The van der Waals surface area contributed by atoms with Gasteiger partial charge in [-0.15, -0.1) is 0 Å². The van der Waals surface area contributed by atoms with Gasteiger partial charge in [-0.2, -0.15) is 0 Å². The number of rotatable bonds is 2. The van der Waals surface area contributed by atoms with E-state index in [-0.39, 0.29) is 5.82 Å². The molecule has 0 atom stereocenters. The summed E-state index contributed by atoms with van der Waals surface area (Å²) in [4.78, 5) is 6.08. The highest BCUT2D eigenvalue weighted by molar-refractivity contribution is 9.10. The lowest BCUT2D eigenvalue weighted by atomic mass is 10.2. The summed E-state index contributed by atoms with van der Waals surface area (Å²) in [7, 11) is 0. The van der Waals surface area contributed by atoms with Gasteiger partial charge >= 0.3 is 0 Å². The maximum Gasteiger partial charge on any atom is 0.146 e. The molecule has 2 rings (SSSR count). The first-order chi connectivity index (χ1) is 7.25. The lowest BCUT2D eigenvalue weighted by Crippen LogP contribution is -2.43. The van der Waals surface area contributed by atoms with Crippen LogP contribution in [0.3, 0.4) is 0 Å². The molecule has 1 aliphatic rings. The summed E-state index contributed by atoms with van der Waals surface area (Å²) in [5.41, 5.74) is 0.707. The lowest BCUT2D eigenvalue weighted by Gasteiger charge is -2.27. The van der Waals surface area contributed by atoms with Crippen molar-refractivity contribution < 1.29 is 4.39 Å². The van der Waals surface area contributed by atoms with Crippen molar-refractivity contribution in [3.05, 3.63) is 28.2 Å². The minimum absolute atomic E-state index is 0.225. The van der Waals surface area contributed by atoms with Crippen molar-refractivity contribution in [2.24, 2.45) is 0 Å². The molecule has 0 saturated carbocycles. The van der Waals surface area contributed by atoms with Gasteiger partial charge in [0, 0.05) is 38.3 Å². The molecule has 82 valence electrons. The number of pyridine rings is 1. The molecule has 0 aromatic carbocycles. The molecule has 1 N–H and O–H groups in total. The number of hydrogen-bond donors (Lipinski definition) is 1. The summed E-state index contributed by atoms with van der Waals surface area (Å²) in [5.74, 6) is -0.225. The minimum Gasteiger partial charge on any atom is -0.314 e. The lowest BCUT2D eigenvalue weighted by molar-refractivity contribution is 0.230. The van der Waals surface area contributed by atoms with Crippen LogP contribution in [0.5, 0.6) is 0 Å². The van der Waals surface area contributed by atoms with Crippen LogP contribution in [0.25, 0.3) is 0 Å². The molecule has 1 aromatic rings. The van der Waals surface area contributed by atoms with Crippen LogP contribution in [0, 0.1) is 5.82 Å². The van der Waals surface area contributed by atoms with Gasteiger partial charge in [-0.05, 0) is 22.0 Å². The average Bonchev–Trinajstić information content (AvgIpc) is 2.25. The van der Waals surface area contributed by atoms with E-state index in [0.717, 1.165) is 26.2 Å². The van der Waals surface area contributed by atoms with Crippen LogP contribution in [-0.4, -0.2) is 36.1 Å². The van der Waals surface area contributed by atoms with Crippen LogP contribution in [0.4, 0.5) is 4.39 Å². The zero-order chi connectivity index (χ0) is 10.7. The standard InChI is InChI=1S/C10H13BrFN3/c11-10-5-8(9(12)6-14-10)7-15-3-1-13-2-4-15/h5-6,13H,1-4,7H2. The molecule has 0 aliphatic carbocycles. The second kappa shape index (κ2) is 5.01. The van der Waals surface area contributed by atoms with E-state index >= 15 is 0 Å². The van der Waals surface area contributed by atoms with Gasteiger partial charge in [-0.25, -0.2) is 9.37 Å². The van der Waals surface area contributed by atoms with Gasteiger partial charge in [0.05, 0.1) is 6.20 Å². The molecule has 0 bridgehead atoms. The van der Waals surface area contributed by atoms with Crippen molar-refractivity contribution in [1.82, 2.24) is 15.2 Å². The summed E-state index contributed by atoms with van der Waals surface area (Å²) in [6.07, 6.45) is 1.27. The van der Waals surface area contributed by atoms with Crippen molar-refractivity contribution in [3.63, 3.8) is 0 Å². The monoisotopic (exact) mass is 273 g/mol. The Morgan fingerprint density at radius 1 is 1.47 bits per heavy atom. The van der Waals surface area contributed by atoms with E-state index in [4.69, 9.17) is 0 Å². The van der Waals surface area contributed by atoms with Gasteiger partial charge in [0.2, 0.25) is 0 Å². The highest BCUT2D eigenvalue weighted by Gasteiger charge is 2.12. The number of nitrogens with one attached hydrogen (secondary N) is 1. The topological polar surface area (TPSA) is 28.2 Å². The Balaban J connectivity index is 2.05. The van der Waals surface area contributed by atoms with Crippen molar-refractivity contribution in [2.75, 3.05) is 26.2 Å².